The van der Waals surface area contributed by atoms with E-state index in [1.165, 1.54) is 6.07 Å². The molecule has 2 aromatic carbocycles. The maximum absolute atomic E-state index is 13.8. The van der Waals surface area contributed by atoms with Gasteiger partial charge in [0.1, 0.15) is 11.9 Å². The van der Waals surface area contributed by atoms with Crippen LogP contribution in [0, 0.1) is 11.6 Å². The van der Waals surface area contributed by atoms with E-state index in [0.29, 0.717) is 11.4 Å². The number of benzene rings is 2. The van der Waals surface area contributed by atoms with E-state index in [0.717, 1.165) is 30.5 Å². The topological polar surface area (TPSA) is 46.9 Å². The monoisotopic (exact) mass is 367 g/mol. The summed E-state index contributed by atoms with van der Waals surface area (Å²) in [6.45, 7) is 0. The summed E-state index contributed by atoms with van der Waals surface area (Å²) < 4.78 is 29.0. The van der Waals surface area contributed by atoms with Gasteiger partial charge in [0.15, 0.2) is 11.6 Å². The molecule has 0 radical (unpaired) electrons. The van der Waals surface area contributed by atoms with Gasteiger partial charge in [-0.05, 0) is 36.1 Å². The Hall–Kier alpha value is -3.02. The minimum atomic E-state index is -0.954. The molecule has 3 aromatic rings. The lowest BCUT2D eigenvalue weighted by molar-refractivity contribution is -0.124. The maximum Gasteiger partial charge on any atom is 0.231 e. The van der Waals surface area contributed by atoms with Crippen molar-refractivity contribution in [3.05, 3.63) is 89.5 Å². The number of halogens is 2. The molecule has 1 heterocycles. The predicted octanol–water partition coefficient (Wildman–Crippen LogP) is 3.64. The van der Waals surface area contributed by atoms with Gasteiger partial charge in [0.2, 0.25) is 5.91 Å². The normalized spacial score (nSPS) is 16.0. The van der Waals surface area contributed by atoms with Gasteiger partial charge in [0, 0.05) is 19.4 Å². The second-order valence-corrected chi connectivity index (χ2v) is 6.92. The molecule has 1 N–H and O–H groups in total. The molecule has 0 bridgehead atoms. The number of amides is 1. The van der Waals surface area contributed by atoms with Crippen LogP contribution < -0.4 is 5.32 Å². The predicted molar refractivity (Wildman–Crippen MR) is 96.9 cm³/mol. The SMILES string of the molecule is Cn1ccnc1[C@@H](NC(=O)C1(c2ccccc2)CC1)c1ccc(F)c(F)c1. The average Bonchev–Trinajstić information content (AvgIpc) is 3.39. The second kappa shape index (κ2) is 6.61. The lowest BCUT2D eigenvalue weighted by Crippen LogP contribution is -2.38. The Balaban J connectivity index is 1.69. The molecule has 138 valence electrons. The van der Waals surface area contributed by atoms with Crippen molar-refractivity contribution in [3.8, 4) is 0 Å². The van der Waals surface area contributed by atoms with Crippen molar-refractivity contribution >= 4 is 5.91 Å². The van der Waals surface area contributed by atoms with Crippen molar-refractivity contribution in [2.75, 3.05) is 0 Å². The number of nitrogens with zero attached hydrogens (tertiary/aromatic N) is 2. The van der Waals surface area contributed by atoms with Crippen LogP contribution in [-0.4, -0.2) is 15.5 Å². The van der Waals surface area contributed by atoms with Crippen LogP contribution in [0.1, 0.15) is 35.8 Å². The minimum absolute atomic E-state index is 0.133. The molecule has 0 saturated heterocycles. The Labute approximate surface area is 155 Å². The highest BCUT2D eigenvalue weighted by molar-refractivity contribution is 5.91. The fourth-order valence-corrected chi connectivity index (χ4v) is 3.44. The zero-order valence-corrected chi connectivity index (χ0v) is 14.8. The first-order chi connectivity index (χ1) is 13.0. The molecule has 27 heavy (non-hydrogen) atoms. The van der Waals surface area contributed by atoms with E-state index in [1.807, 2.05) is 30.3 Å². The molecule has 4 rings (SSSR count). The van der Waals surface area contributed by atoms with Gasteiger partial charge < -0.3 is 9.88 Å². The number of hydrogen-bond donors (Lipinski definition) is 1. The standard InChI is InChI=1S/C21H19F2N3O/c1-26-12-11-24-19(26)18(14-7-8-16(22)17(23)13-14)25-20(27)21(9-10-21)15-5-3-2-4-6-15/h2-8,11-13,18H,9-10H2,1H3,(H,25,27)/t18-/m0/s1. The van der Waals surface area contributed by atoms with Crippen LogP contribution in [0.25, 0.3) is 0 Å². The largest absolute Gasteiger partial charge is 0.341 e. The van der Waals surface area contributed by atoms with Gasteiger partial charge in [0.05, 0.1) is 5.41 Å². The van der Waals surface area contributed by atoms with Gasteiger partial charge in [-0.25, -0.2) is 13.8 Å². The quantitative estimate of drug-likeness (QED) is 0.749. The van der Waals surface area contributed by atoms with Gasteiger partial charge in [-0.3, -0.25) is 4.79 Å². The van der Waals surface area contributed by atoms with Gasteiger partial charge in [0.25, 0.3) is 0 Å². The van der Waals surface area contributed by atoms with Gasteiger partial charge >= 0.3 is 0 Å². The number of carbonyl (C=O) groups is 1. The molecule has 1 saturated carbocycles. The van der Waals surface area contributed by atoms with E-state index in [2.05, 4.69) is 10.3 Å². The third kappa shape index (κ3) is 3.12. The third-order valence-corrected chi connectivity index (χ3v) is 5.18. The summed E-state index contributed by atoms with van der Waals surface area (Å²) in [4.78, 5) is 17.5. The summed E-state index contributed by atoms with van der Waals surface area (Å²) in [5, 5.41) is 3.01. The number of carbonyl (C=O) groups excluding carboxylic acids is 1. The molecule has 1 aliphatic carbocycles. The molecule has 1 amide bonds. The molecule has 1 atom stereocenters. The van der Waals surface area contributed by atoms with Crippen molar-refractivity contribution in [2.24, 2.45) is 7.05 Å². The smallest absolute Gasteiger partial charge is 0.231 e. The molecule has 1 aliphatic rings. The van der Waals surface area contributed by atoms with Gasteiger partial charge in [-0.15, -0.1) is 0 Å². The van der Waals surface area contributed by atoms with E-state index < -0.39 is 23.1 Å². The minimum Gasteiger partial charge on any atom is -0.341 e. The van der Waals surface area contributed by atoms with E-state index >= 15 is 0 Å². The number of nitrogens with one attached hydrogen (secondary N) is 1. The fourth-order valence-electron chi connectivity index (χ4n) is 3.44. The number of rotatable bonds is 5. The lowest BCUT2D eigenvalue weighted by atomic mass is 9.94. The van der Waals surface area contributed by atoms with E-state index in [4.69, 9.17) is 0 Å². The first-order valence-corrected chi connectivity index (χ1v) is 8.80. The fraction of sp³-hybridized carbons (Fsp3) is 0.238. The number of hydrogen-bond acceptors (Lipinski definition) is 2. The van der Waals surface area contributed by atoms with Crippen molar-refractivity contribution in [3.63, 3.8) is 0 Å². The summed E-state index contributed by atoms with van der Waals surface area (Å²) in [7, 11) is 1.80. The van der Waals surface area contributed by atoms with Crippen molar-refractivity contribution < 1.29 is 13.6 Å². The Morgan fingerprint density at radius 1 is 1.15 bits per heavy atom. The third-order valence-electron chi connectivity index (χ3n) is 5.18. The molecule has 0 unspecified atom stereocenters. The molecule has 1 fully saturated rings. The van der Waals surface area contributed by atoms with Crippen molar-refractivity contribution in [1.29, 1.82) is 0 Å². The second-order valence-electron chi connectivity index (χ2n) is 6.92. The van der Waals surface area contributed by atoms with Crippen LogP contribution in [0.2, 0.25) is 0 Å². The number of imidazole rings is 1. The number of aryl methyl sites for hydroxylation is 1. The maximum atomic E-state index is 13.8. The highest BCUT2D eigenvalue weighted by Crippen LogP contribution is 2.48. The van der Waals surface area contributed by atoms with Crippen LogP contribution in [0.15, 0.2) is 60.9 Å². The number of aromatic nitrogens is 2. The first kappa shape index (κ1) is 17.4. The summed E-state index contributed by atoms with van der Waals surface area (Å²) in [6, 6.07) is 12.6. The zero-order valence-electron chi connectivity index (χ0n) is 14.8. The molecule has 0 spiro atoms. The summed E-state index contributed by atoms with van der Waals surface area (Å²) in [5.41, 5.74) is 0.843. The Morgan fingerprint density at radius 2 is 1.89 bits per heavy atom. The highest BCUT2D eigenvalue weighted by atomic mass is 19.2. The molecule has 0 aliphatic heterocycles. The lowest BCUT2D eigenvalue weighted by Gasteiger charge is -2.23. The van der Waals surface area contributed by atoms with Crippen LogP contribution in [0.3, 0.4) is 0 Å². The summed E-state index contributed by atoms with van der Waals surface area (Å²) in [5.74, 6) is -1.46. The zero-order chi connectivity index (χ0) is 19.0. The van der Waals surface area contributed by atoms with E-state index in [-0.39, 0.29) is 5.91 Å². The summed E-state index contributed by atoms with van der Waals surface area (Å²) in [6.07, 6.45) is 4.87. The van der Waals surface area contributed by atoms with Gasteiger partial charge in [-0.2, -0.15) is 0 Å². The molecule has 4 nitrogen and oxygen atoms in total. The first-order valence-electron chi connectivity index (χ1n) is 8.80. The Morgan fingerprint density at radius 3 is 2.48 bits per heavy atom. The van der Waals surface area contributed by atoms with Gasteiger partial charge in [-0.1, -0.05) is 36.4 Å². The molecule has 6 heteroatoms. The van der Waals surface area contributed by atoms with Crippen LogP contribution in [0.4, 0.5) is 8.78 Å². The van der Waals surface area contributed by atoms with Crippen molar-refractivity contribution in [1.82, 2.24) is 14.9 Å². The van der Waals surface area contributed by atoms with Crippen LogP contribution >= 0.6 is 0 Å². The molecular weight excluding hydrogens is 348 g/mol. The van der Waals surface area contributed by atoms with E-state index in [1.54, 1.807) is 24.0 Å². The summed E-state index contributed by atoms with van der Waals surface area (Å²) >= 11 is 0. The van der Waals surface area contributed by atoms with Crippen LogP contribution in [-0.2, 0) is 17.3 Å². The Kier molecular flexibility index (Phi) is 4.26. The highest BCUT2D eigenvalue weighted by Gasteiger charge is 2.51. The van der Waals surface area contributed by atoms with Crippen LogP contribution in [0.5, 0.6) is 0 Å². The Bertz CT molecular complexity index is 980. The van der Waals surface area contributed by atoms with Crippen molar-refractivity contribution in [2.45, 2.75) is 24.3 Å². The molecular formula is C21H19F2N3O. The molecule has 1 aromatic heterocycles. The average molecular weight is 367 g/mol. The van der Waals surface area contributed by atoms with E-state index in [9.17, 15) is 13.6 Å².